The average Bonchev–Trinajstić information content (AvgIpc) is 2.09. The standard InChI is InChI=1S/C10H12ClN/c1-12-8-2-3-9-4-6-10(11)7-5-9/h2-7,12H,8H2,1H3/b3-2-. The number of nitrogens with one attached hydrogen (secondary N) is 1. The quantitative estimate of drug-likeness (QED) is 0.756. The van der Waals surface area contributed by atoms with Crippen LogP contribution in [0.15, 0.2) is 30.3 Å². The normalized spacial score (nSPS) is 10.8. The van der Waals surface area contributed by atoms with Crippen LogP contribution in [0.25, 0.3) is 6.08 Å². The van der Waals surface area contributed by atoms with Crippen LogP contribution in [0.3, 0.4) is 0 Å². The second-order valence-electron chi connectivity index (χ2n) is 2.51. The maximum atomic E-state index is 5.74. The molecule has 0 aliphatic carbocycles. The predicted octanol–water partition coefficient (Wildman–Crippen LogP) is 2.57. The molecule has 1 aromatic rings. The molecule has 1 N–H and O–H groups in total. The van der Waals surface area contributed by atoms with Crippen LogP contribution < -0.4 is 5.32 Å². The Morgan fingerprint density at radius 2 is 2.00 bits per heavy atom. The molecule has 0 unspecified atom stereocenters. The van der Waals surface area contributed by atoms with Gasteiger partial charge in [0.1, 0.15) is 0 Å². The molecule has 12 heavy (non-hydrogen) atoms. The first-order valence-electron chi connectivity index (χ1n) is 3.89. The first-order chi connectivity index (χ1) is 5.83. The van der Waals surface area contributed by atoms with Crippen molar-refractivity contribution in [1.82, 2.24) is 5.32 Å². The molecule has 1 rings (SSSR count). The van der Waals surface area contributed by atoms with E-state index >= 15 is 0 Å². The highest BCUT2D eigenvalue weighted by Gasteiger charge is 1.86. The Hall–Kier alpha value is -0.790. The van der Waals surface area contributed by atoms with Crippen LogP contribution in [0.5, 0.6) is 0 Å². The fraction of sp³-hybridized carbons (Fsp3) is 0.200. The van der Waals surface area contributed by atoms with Crippen molar-refractivity contribution in [2.75, 3.05) is 13.6 Å². The number of benzene rings is 1. The van der Waals surface area contributed by atoms with E-state index in [0.29, 0.717) is 0 Å². The van der Waals surface area contributed by atoms with Gasteiger partial charge in [0.25, 0.3) is 0 Å². The molecule has 0 spiro atoms. The maximum Gasteiger partial charge on any atom is 0.0406 e. The summed E-state index contributed by atoms with van der Waals surface area (Å²) >= 11 is 5.74. The molecule has 0 atom stereocenters. The van der Waals surface area contributed by atoms with Gasteiger partial charge in [0, 0.05) is 11.6 Å². The van der Waals surface area contributed by atoms with Gasteiger partial charge >= 0.3 is 0 Å². The first-order valence-corrected chi connectivity index (χ1v) is 4.27. The van der Waals surface area contributed by atoms with Gasteiger partial charge in [-0.3, -0.25) is 0 Å². The van der Waals surface area contributed by atoms with Crippen molar-refractivity contribution in [1.29, 1.82) is 0 Å². The fourth-order valence-electron chi connectivity index (χ4n) is 0.887. The van der Waals surface area contributed by atoms with Crippen molar-refractivity contribution in [3.63, 3.8) is 0 Å². The van der Waals surface area contributed by atoms with E-state index in [1.807, 2.05) is 31.3 Å². The largest absolute Gasteiger partial charge is 0.316 e. The van der Waals surface area contributed by atoms with E-state index in [4.69, 9.17) is 11.6 Å². The zero-order valence-corrected chi connectivity index (χ0v) is 7.81. The minimum atomic E-state index is 0.778. The summed E-state index contributed by atoms with van der Waals surface area (Å²) in [7, 11) is 1.92. The van der Waals surface area contributed by atoms with Crippen LogP contribution in [-0.2, 0) is 0 Å². The lowest BCUT2D eigenvalue weighted by Gasteiger charge is -1.93. The van der Waals surface area contributed by atoms with Crippen LogP contribution in [0, 0.1) is 0 Å². The number of likely N-dealkylation sites (N-methyl/N-ethyl adjacent to an activating group) is 1. The van der Waals surface area contributed by atoms with Gasteiger partial charge in [-0.05, 0) is 24.7 Å². The summed E-state index contributed by atoms with van der Waals surface area (Å²) in [4.78, 5) is 0. The summed E-state index contributed by atoms with van der Waals surface area (Å²) < 4.78 is 0. The third kappa shape index (κ3) is 3.07. The molecule has 0 saturated carbocycles. The third-order valence-corrected chi connectivity index (χ3v) is 1.75. The summed E-state index contributed by atoms with van der Waals surface area (Å²) in [6.07, 6.45) is 4.13. The van der Waals surface area contributed by atoms with Gasteiger partial charge in [-0.15, -0.1) is 0 Å². The molecule has 0 aromatic heterocycles. The Bertz CT molecular complexity index is 251. The zero-order chi connectivity index (χ0) is 8.81. The van der Waals surface area contributed by atoms with E-state index in [1.54, 1.807) is 0 Å². The molecular formula is C10H12ClN. The Morgan fingerprint density at radius 1 is 1.33 bits per heavy atom. The summed E-state index contributed by atoms with van der Waals surface area (Å²) in [5.74, 6) is 0. The molecule has 0 bridgehead atoms. The van der Waals surface area contributed by atoms with Gasteiger partial charge < -0.3 is 5.32 Å². The van der Waals surface area contributed by atoms with Gasteiger partial charge in [-0.25, -0.2) is 0 Å². The second kappa shape index (κ2) is 4.96. The van der Waals surface area contributed by atoms with E-state index in [2.05, 4.69) is 17.5 Å². The highest BCUT2D eigenvalue weighted by Crippen LogP contribution is 2.10. The van der Waals surface area contributed by atoms with Gasteiger partial charge in [0.2, 0.25) is 0 Å². The first kappa shape index (κ1) is 9.30. The van der Waals surface area contributed by atoms with Gasteiger partial charge in [-0.1, -0.05) is 35.9 Å². The van der Waals surface area contributed by atoms with Gasteiger partial charge in [0.05, 0.1) is 0 Å². The van der Waals surface area contributed by atoms with E-state index in [1.165, 1.54) is 5.56 Å². The zero-order valence-electron chi connectivity index (χ0n) is 7.05. The van der Waals surface area contributed by atoms with E-state index < -0.39 is 0 Å². The van der Waals surface area contributed by atoms with Crippen molar-refractivity contribution in [3.8, 4) is 0 Å². The summed E-state index contributed by atoms with van der Waals surface area (Å²) in [6, 6.07) is 7.77. The van der Waals surface area contributed by atoms with Crippen molar-refractivity contribution in [3.05, 3.63) is 40.9 Å². The second-order valence-corrected chi connectivity index (χ2v) is 2.95. The Morgan fingerprint density at radius 3 is 2.58 bits per heavy atom. The molecule has 1 nitrogen and oxygen atoms in total. The molecule has 1 aromatic carbocycles. The number of rotatable bonds is 3. The number of hydrogen-bond donors (Lipinski definition) is 1. The minimum absolute atomic E-state index is 0.778. The predicted molar refractivity (Wildman–Crippen MR) is 54.4 cm³/mol. The van der Waals surface area contributed by atoms with Crippen molar-refractivity contribution < 1.29 is 0 Å². The fourth-order valence-corrected chi connectivity index (χ4v) is 1.01. The summed E-state index contributed by atoms with van der Waals surface area (Å²) in [5.41, 5.74) is 1.18. The van der Waals surface area contributed by atoms with Gasteiger partial charge in [0.15, 0.2) is 0 Å². The van der Waals surface area contributed by atoms with Crippen LogP contribution in [0.2, 0.25) is 5.02 Å². The molecule has 64 valence electrons. The lowest BCUT2D eigenvalue weighted by molar-refractivity contribution is 0.922. The highest BCUT2D eigenvalue weighted by atomic mass is 35.5. The molecular weight excluding hydrogens is 170 g/mol. The van der Waals surface area contributed by atoms with Gasteiger partial charge in [-0.2, -0.15) is 0 Å². The Balaban J connectivity index is 2.58. The maximum absolute atomic E-state index is 5.74. The monoisotopic (exact) mass is 181 g/mol. The topological polar surface area (TPSA) is 12.0 Å². The van der Waals surface area contributed by atoms with Crippen LogP contribution in [0.4, 0.5) is 0 Å². The molecule has 0 aliphatic rings. The van der Waals surface area contributed by atoms with Crippen molar-refractivity contribution in [2.24, 2.45) is 0 Å². The molecule has 0 saturated heterocycles. The summed E-state index contributed by atoms with van der Waals surface area (Å²) in [6.45, 7) is 0.891. The van der Waals surface area contributed by atoms with E-state index in [-0.39, 0.29) is 0 Å². The Kier molecular flexibility index (Phi) is 3.85. The van der Waals surface area contributed by atoms with Crippen LogP contribution in [-0.4, -0.2) is 13.6 Å². The highest BCUT2D eigenvalue weighted by molar-refractivity contribution is 6.30. The van der Waals surface area contributed by atoms with E-state index in [0.717, 1.165) is 11.6 Å². The smallest absolute Gasteiger partial charge is 0.0406 e. The molecule has 0 radical (unpaired) electrons. The average molecular weight is 182 g/mol. The molecule has 0 aliphatic heterocycles. The van der Waals surface area contributed by atoms with E-state index in [9.17, 15) is 0 Å². The number of halogens is 1. The van der Waals surface area contributed by atoms with Crippen molar-refractivity contribution >= 4 is 17.7 Å². The lowest BCUT2D eigenvalue weighted by Crippen LogP contribution is -2.03. The molecule has 2 heteroatoms. The SMILES string of the molecule is CNC/C=C\c1ccc(Cl)cc1. The minimum Gasteiger partial charge on any atom is -0.316 e. The third-order valence-electron chi connectivity index (χ3n) is 1.50. The summed E-state index contributed by atoms with van der Waals surface area (Å²) in [5, 5.41) is 3.81. The Labute approximate surface area is 78.1 Å². The van der Waals surface area contributed by atoms with Crippen molar-refractivity contribution in [2.45, 2.75) is 0 Å². The molecule has 0 amide bonds. The van der Waals surface area contributed by atoms with Crippen LogP contribution in [0.1, 0.15) is 5.56 Å². The lowest BCUT2D eigenvalue weighted by atomic mass is 10.2. The number of hydrogen-bond acceptors (Lipinski definition) is 1. The van der Waals surface area contributed by atoms with Crippen LogP contribution >= 0.6 is 11.6 Å². The molecule has 0 fully saturated rings. The molecule has 0 heterocycles.